The first kappa shape index (κ1) is 9.44. The molecule has 0 atom stereocenters. The molecule has 0 rings (SSSR count). The molecular formula is H4BiOTeZn. The van der Waals surface area contributed by atoms with Gasteiger partial charge in [0.2, 0.25) is 0 Å². The van der Waals surface area contributed by atoms with E-state index in [2.05, 4.69) is 0 Å². The van der Waals surface area contributed by atoms with Gasteiger partial charge in [0, 0.05) is 0 Å². The fourth-order valence-corrected chi connectivity index (χ4v) is 0. The fourth-order valence-electron chi connectivity index (χ4n) is 0. The molecule has 4 heavy (non-hydrogen) atoms. The van der Waals surface area contributed by atoms with Crippen LogP contribution in [0.5, 0.6) is 0 Å². The second-order valence-corrected chi connectivity index (χ2v) is 4.50. The van der Waals surface area contributed by atoms with Gasteiger partial charge in [-0.15, -0.1) is 0 Å². The molecule has 0 aromatic rings. The van der Waals surface area contributed by atoms with Crippen molar-refractivity contribution in [3.8, 4) is 0 Å². The quantitative estimate of drug-likeness (QED) is 0.415. The van der Waals surface area contributed by atoms with Crippen molar-refractivity contribution in [2.24, 2.45) is 0 Å². The number of hydrogen-bond acceptors (Lipinski definition) is 1. The van der Waals surface area contributed by atoms with Crippen LogP contribution in [-0.4, -0.2) is 45.7 Å². The van der Waals surface area contributed by atoms with Crippen molar-refractivity contribution in [3.05, 3.63) is 0 Å². The Bertz CT molecular complexity index is 15.5. The second kappa shape index (κ2) is 8.92. The summed E-state index contributed by atoms with van der Waals surface area (Å²) in [5.41, 5.74) is 0. The summed E-state index contributed by atoms with van der Waals surface area (Å²) in [5, 5.41) is 0. The molecule has 0 amide bonds. The normalized spacial score (nSPS) is 2.25. The Balaban J connectivity index is 0. The minimum atomic E-state index is -1.08. The summed E-state index contributed by atoms with van der Waals surface area (Å²) in [6, 6.07) is 0. The second-order valence-electron chi connectivity index (χ2n) is 0.129. The van der Waals surface area contributed by atoms with Gasteiger partial charge in [-0.2, -0.15) is 0 Å². The summed E-state index contributed by atoms with van der Waals surface area (Å²) in [6.07, 6.45) is 0. The van der Waals surface area contributed by atoms with Gasteiger partial charge in [0.1, 0.15) is 0 Å². The zero-order valence-electron chi connectivity index (χ0n) is 2.27. The van der Waals surface area contributed by atoms with Crippen molar-refractivity contribution in [1.82, 2.24) is 0 Å². The van der Waals surface area contributed by atoms with E-state index in [9.17, 15) is 0 Å². The van der Waals surface area contributed by atoms with Crippen LogP contribution in [0, 0.1) is 0 Å². The first-order valence-electron chi connectivity index (χ1n) is 0.605. The molecular weight excluding hydrogens is 418 g/mol. The van der Waals surface area contributed by atoms with Crippen LogP contribution in [0.3, 0.4) is 0 Å². The minimum absolute atomic E-state index is 0. The van der Waals surface area contributed by atoms with Gasteiger partial charge in [-0.3, -0.25) is 0 Å². The number of hydrogen-bond donors (Lipinski definition) is 0. The van der Waals surface area contributed by atoms with Crippen LogP contribution in [0.25, 0.3) is 0 Å². The summed E-state index contributed by atoms with van der Waals surface area (Å²) in [4.78, 5) is 0. The van der Waals surface area contributed by atoms with Crippen LogP contribution in [0.15, 0.2) is 0 Å². The molecule has 4 heteroatoms. The average molecular weight is 422 g/mol. The Morgan fingerprint density at radius 3 is 1.75 bits per heavy atom. The van der Waals surface area contributed by atoms with Gasteiger partial charge in [0.05, 0.1) is 0 Å². The molecule has 0 spiro atoms. The van der Waals surface area contributed by atoms with Crippen LogP contribution in [0.4, 0.5) is 0 Å². The SMILES string of the molecule is [BiH3].[O]=[Zn][TeH]. The van der Waals surface area contributed by atoms with E-state index in [0.717, 1.165) is 0 Å². The molecule has 0 bridgehead atoms. The van der Waals surface area contributed by atoms with Gasteiger partial charge in [-0.1, -0.05) is 0 Å². The predicted octanol–water partition coefficient (Wildman–Crippen LogP) is -1.95. The average Bonchev–Trinajstić information content (AvgIpc) is 0.918. The molecule has 0 saturated heterocycles. The van der Waals surface area contributed by atoms with Crippen LogP contribution in [-0.2, 0) is 17.2 Å². The third-order valence-electron chi connectivity index (χ3n) is 0. The van der Waals surface area contributed by atoms with E-state index in [0.29, 0.717) is 0 Å². The molecule has 0 aromatic heterocycles. The molecule has 23 valence electrons. The van der Waals surface area contributed by atoms with Crippen molar-refractivity contribution in [3.63, 3.8) is 0 Å². The van der Waals surface area contributed by atoms with Crippen molar-refractivity contribution >= 4 is 45.7 Å². The summed E-state index contributed by atoms with van der Waals surface area (Å²) in [7, 11) is 0. The molecule has 0 saturated carbocycles. The van der Waals surface area contributed by atoms with Crippen LogP contribution >= 0.6 is 0 Å². The molecule has 0 aliphatic carbocycles. The topological polar surface area (TPSA) is 17.1 Å². The molecule has 0 unspecified atom stereocenters. The summed E-state index contributed by atoms with van der Waals surface area (Å²) in [6.45, 7) is 0. The summed E-state index contributed by atoms with van der Waals surface area (Å²) >= 11 is 0.410. The Labute approximate surface area is 61.9 Å². The van der Waals surface area contributed by atoms with Crippen molar-refractivity contribution < 1.29 is 17.2 Å². The van der Waals surface area contributed by atoms with E-state index in [1.54, 1.807) is 0 Å². The monoisotopic (exact) mass is 423 g/mol. The zero-order chi connectivity index (χ0) is 2.71. The van der Waals surface area contributed by atoms with Crippen molar-refractivity contribution in [2.75, 3.05) is 0 Å². The van der Waals surface area contributed by atoms with Crippen LogP contribution in [0.2, 0.25) is 0 Å². The third-order valence-corrected chi connectivity index (χ3v) is 0. The van der Waals surface area contributed by atoms with E-state index in [1.807, 2.05) is 0 Å². The maximum atomic E-state index is 9.14. The van der Waals surface area contributed by atoms with Crippen LogP contribution < -0.4 is 0 Å². The first-order chi connectivity index (χ1) is 1.41. The Hall–Kier alpha value is 2.10. The van der Waals surface area contributed by atoms with Gasteiger partial charge in [-0.25, -0.2) is 0 Å². The van der Waals surface area contributed by atoms with E-state index < -0.39 is 13.6 Å². The molecule has 0 aliphatic rings. The van der Waals surface area contributed by atoms with Gasteiger partial charge < -0.3 is 0 Å². The molecule has 1 nitrogen and oxygen atoms in total. The zero-order valence-corrected chi connectivity index (χ0v) is 13.3. The van der Waals surface area contributed by atoms with Gasteiger partial charge in [-0.05, 0) is 0 Å². The first-order valence-corrected chi connectivity index (χ1v) is 12.5. The fraction of sp³-hybridized carbons (Fsp3) is 0. The summed E-state index contributed by atoms with van der Waals surface area (Å²) < 4.78 is 9.14. The molecule has 0 aromatic carbocycles. The standard InChI is InChI=1S/Bi.O.H2Te.Zn.3H/h;;1H2;;;;/q;;;+1;;;/p-1. The Morgan fingerprint density at radius 1 is 1.75 bits per heavy atom. The van der Waals surface area contributed by atoms with Gasteiger partial charge in [0.15, 0.2) is 0 Å². The van der Waals surface area contributed by atoms with Crippen molar-refractivity contribution in [1.29, 1.82) is 0 Å². The van der Waals surface area contributed by atoms with Gasteiger partial charge >= 0.3 is 62.9 Å². The third kappa shape index (κ3) is 8.94. The molecule has 0 heterocycles. The molecule has 0 fully saturated rings. The van der Waals surface area contributed by atoms with Crippen LogP contribution in [0.1, 0.15) is 0 Å². The molecule has 0 aliphatic heterocycles. The van der Waals surface area contributed by atoms with E-state index >= 15 is 0 Å². The van der Waals surface area contributed by atoms with E-state index in [-0.39, 0.29) is 26.2 Å². The summed E-state index contributed by atoms with van der Waals surface area (Å²) in [5.74, 6) is 0. The maximum absolute atomic E-state index is 9.14. The predicted molar refractivity (Wildman–Crippen MR) is 17.8 cm³/mol. The van der Waals surface area contributed by atoms with Gasteiger partial charge in [0.25, 0.3) is 0 Å². The Morgan fingerprint density at radius 2 is 1.75 bits per heavy atom. The van der Waals surface area contributed by atoms with E-state index in [4.69, 9.17) is 3.57 Å². The molecule has 0 N–H and O–H groups in total. The molecule has 0 radical (unpaired) electrons. The Kier molecular flexibility index (Phi) is 21.0. The van der Waals surface area contributed by atoms with Crippen molar-refractivity contribution in [2.45, 2.75) is 0 Å². The van der Waals surface area contributed by atoms with E-state index in [1.165, 1.54) is 19.5 Å². The number of rotatable bonds is 0.